The highest BCUT2D eigenvalue weighted by Gasteiger charge is 2.30. The van der Waals surface area contributed by atoms with Crippen molar-refractivity contribution >= 4 is 22.6 Å². The summed E-state index contributed by atoms with van der Waals surface area (Å²) in [5.41, 5.74) is 1.69. The van der Waals surface area contributed by atoms with E-state index in [-0.39, 0.29) is 5.69 Å². The van der Waals surface area contributed by atoms with Crippen molar-refractivity contribution in [2.45, 2.75) is 13.1 Å². The molecule has 0 unspecified atom stereocenters. The molecule has 4 aromatic rings. The van der Waals surface area contributed by atoms with Gasteiger partial charge < -0.3 is 19.8 Å². The van der Waals surface area contributed by atoms with Crippen molar-refractivity contribution in [3.05, 3.63) is 72.3 Å². The van der Waals surface area contributed by atoms with Crippen molar-refractivity contribution in [3.8, 4) is 22.9 Å². The van der Waals surface area contributed by atoms with Gasteiger partial charge in [-0.2, -0.15) is 13.2 Å². The summed E-state index contributed by atoms with van der Waals surface area (Å²) in [6.07, 6.45) is -4.49. The van der Waals surface area contributed by atoms with Crippen LogP contribution >= 0.6 is 0 Å². The quantitative estimate of drug-likeness (QED) is 0.377. The maximum absolute atomic E-state index is 12.8. The number of hydrogen-bond acceptors (Lipinski definition) is 4. The molecule has 2 N–H and O–H groups in total. The number of nitrogens with zero attached hydrogens (tertiary/aromatic N) is 1. The number of ether oxygens (including phenoxy) is 2. The molecule has 0 aliphatic carbocycles. The van der Waals surface area contributed by atoms with E-state index < -0.39 is 24.3 Å². The van der Waals surface area contributed by atoms with Crippen LogP contribution in [-0.4, -0.2) is 29.1 Å². The number of fused-ring (bicyclic) bond motifs is 1. The van der Waals surface area contributed by atoms with E-state index >= 15 is 0 Å². The lowest BCUT2D eigenvalue weighted by Gasteiger charge is -2.13. The largest absolute Gasteiger partial charge is 0.490 e. The van der Waals surface area contributed by atoms with Gasteiger partial charge in [-0.25, -0.2) is 4.98 Å². The predicted octanol–water partition coefficient (Wildman–Crippen LogP) is 5.66. The number of anilines is 1. The lowest BCUT2D eigenvalue weighted by molar-refractivity contribution is -0.137. The summed E-state index contributed by atoms with van der Waals surface area (Å²) in [6, 6.07) is 17.2. The number of hydrogen-bond donors (Lipinski definition) is 2. The van der Waals surface area contributed by atoms with Crippen LogP contribution in [0.25, 0.3) is 22.4 Å². The number of aromatic nitrogens is 2. The standard InChI is InChI=1S/C24H20F3N3O3/c1-2-32-21-12-15(23-29-18-8-3-4-9-19(18)30-23)10-11-20(21)33-14-22(31)28-17-7-5-6-16(13-17)24(25,26)27/h3-13H,2,14H2,1H3,(H,28,31)(H,29,30). The normalized spacial score (nSPS) is 11.4. The zero-order valence-corrected chi connectivity index (χ0v) is 17.6. The van der Waals surface area contributed by atoms with Gasteiger partial charge in [0.15, 0.2) is 18.1 Å². The second kappa shape index (κ2) is 9.23. The van der Waals surface area contributed by atoms with E-state index in [2.05, 4.69) is 15.3 Å². The van der Waals surface area contributed by atoms with Crippen LogP contribution in [0.5, 0.6) is 11.5 Å². The van der Waals surface area contributed by atoms with Crippen LogP contribution in [0.15, 0.2) is 66.7 Å². The Morgan fingerprint density at radius 3 is 2.58 bits per heavy atom. The molecule has 0 radical (unpaired) electrons. The molecule has 0 saturated heterocycles. The van der Waals surface area contributed by atoms with E-state index in [4.69, 9.17) is 9.47 Å². The summed E-state index contributed by atoms with van der Waals surface area (Å²) < 4.78 is 49.8. The van der Waals surface area contributed by atoms with Gasteiger partial charge in [0.2, 0.25) is 0 Å². The smallest absolute Gasteiger partial charge is 0.416 e. The minimum absolute atomic E-state index is 0.0312. The number of imidazole rings is 1. The number of H-pyrrole nitrogens is 1. The van der Waals surface area contributed by atoms with E-state index in [9.17, 15) is 18.0 Å². The van der Waals surface area contributed by atoms with E-state index in [0.29, 0.717) is 23.9 Å². The Bertz CT molecular complexity index is 1250. The number of rotatable bonds is 7. The Kier molecular flexibility index (Phi) is 6.21. The second-order valence-electron chi connectivity index (χ2n) is 7.11. The lowest BCUT2D eigenvalue weighted by atomic mass is 10.2. The highest BCUT2D eigenvalue weighted by atomic mass is 19.4. The summed E-state index contributed by atoms with van der Waals surface area (Å²) in [6.45, 7) is 1.79. The van der Waals surface area contributed by atoms with Crippen molar-refractivity contribution in [1.82, 2.24) is 9.97 Å². The van der Waals surface area contributed by atoms with Gasteiger partial charge >= 0.3 is 6.18 Å². The molecule has 33 heavy (non-hydrogen) atoms. The van der Waals surface area contributed by atoms with Gasteiger partial charge in [0.1, 0.15) is 5.82 Å². The monoisotopic (exact) mass is 455 g/mol. The minimum atomic E-state index is -4.49. The van der Waals surface area contributed by atoms with Crippen LogP contribution in [0, 0.1) is 0 Å². The van der Waals surface area contributed by atoms with Gasteiger partial charge in [0.25, 0.3) is 5.91 Å². The van der Waals surface area contributed by atoms with Gasteiger partial charge in [0.05, 0.1) is 23.2 Å². The highest BCUT2D eigenvalue weighted by molar-refractivity contribution is 5.92. The zero-order valence-electron chi connectivity index (χ0n) is 17.6. The summed E-state index contributed by atoms with van der Waals surface area (Å²) >= 11 is 0. The molecule has 4 rings (SSSR count). The second-order valence-corrected chi connectivity index (χ2v) is 7.11. The third-order valence-corrected chi connectivity index (χ3v) is 4.74. The third-order valence-electron chi connectivity index (χ3n) is 4.74. The molecule has 0 fully saturated rings. The Labute approximate surface area is 187 Å². The van der Waals surface area contributed by atoms with E-state index in [1.807, 2.05) is 31.2 Å². The van der Waals surface area contributed by atoms with E-state index in [0.717, 1.165) is 28.7 Å². The van der Waals surface area contributed by atoms with Crippen LogP contribution in [0.1, 0.15) is 12.5 Å². The maximum atomic E-state index is 12.8. The zero-order chi connectivity index (χ0) is 23.4. The first kappa shape index (κ1) is 22.2. The number of alkyl halides is 3. The summed E-state index contributed by atoms with van der Waals surface area (Å²) in [5.74, 6) is 0.808. The molecule has 6 nitrogen and oxygen atoms in total. The first-order valence-electron chi connectivity index (χ1n) is 10.2. The van der Waals surface area contributed by atoms with Crippen molar-refractivity contribution in [3.63, 3.8) is 0 Å². The average molecular weight is 455 g/mol. The molecule has 1 heterocycles. The molecule has 0 atom stereocenters. The molecule has 0 bridgehead atoms. The molecule has 0 aliphatic rings. The van der Waals surface area contributed by atoms with Crippen molar-refractivity contribution in [2.24, 2.45) is 0 Å². The molecule has 9 heteroatoms. The molecule has 1 aromatic heterocycles. The molecule has 3 aromatic carbocycles. The molecule has 0 saturated carbocycles. The molecular formula is C24H20F3N3O3. The van der Waals surface area contributed by atoms with Crippen molar-refractivity contribution in [2.75, 3.05) is 18.5 Å². The van der Waals surface area contributed by atoms with E-state index in [1.54, 1.807) is 18.2 Å². The number of aromatic amines is 1. The number of carbonyl (C=O) groups is 1. The Hall–Kier alpha value is -4.01. The highest BCUT2D eigenvalue weighted by Crippen LogP contribution is 2.33. The number of benzene rings is 3. The maximum Gasteiger partial charge on any atom is 0.416 e. The van der Waals surface area contributed by atoms with Crippen LogP contribution in [0.2, 0.25) is 0 Å². The topological polar surface area (TPSA) is 76.2 Å². The summed E-state index contributed by atoms with van der Waals surface area (Å²) in [7, 11) is 0. The van der Waals surface area contributed by atoms with Crippen molar-refractivity contribution in [1.29, 1.82) is 0 Å². The van der Waals surface area contributed by atoms with Crippen LogP contribution < -0.4 is 14.8 Å². The SMILES string of the molecule is CCOc1cc(-c2nc3ccccc3[nH]2)ccc1OCC(=O)Nc1cccc(C(F)(F)F)c1. The molecular weight excluding hydrogens is 435 g/mol. The number of para-hydroxylation sites is 2. The molecule has 1 amide bonds. The van der Waals surface area contributed by atoms with Gasteiger partial charge in [-0.3, -0.25) is 4.79 Å². The van der Waals surface area contributed by atoms with Gasteiger partial charge in [-0.15, -0.1) is 0 Å². The fraction of sp³-hybridized carbons (Fsp3) is 0.167. The fourth-order valence-corrected chi connectivity index (χ4v) is 3.25. The fourth-order valence-electron chi connectivity index (χ4n) is 3.25. The van der Waals surface area contributed by atoms with Gasteiger partial charge in [0, 0.05) is 11.3 Å². The number of amides is 1. The van der Waals surface area contributed by atoms with Crippen LogP contribution in [0.4, 0.5) is 18.9 Å². The summed E-state index contributed by atoms with van der Waals surface area (Å²) in [5, 5.41) is 2.41. The average Bonchev–Trinajstić information content (AvgIpc) is 3.22. The molecule has 170 valence electrons. The van der Waals surface area contributed by atoms with Crippen molar-refractivity contribution < 1.29 is 27.4 Å². The lowest BCUT2D eigenvalue weighted by Crippen LogP contribution is -2.20. The molecule has 0 spiro atoms. The van der Waals surface area contributed by atoms with E-state index in [1.165, 1.54) is 12.1 Å². The van der Waals surface area contributed by atoms with Crippen LogP contribution in [-0.2, 0) is 11.0 Å². The Balaban J connectivity index is 1.47. The number of halogens is 3. The number of nitrogens with one attached hydrogen (secondary N) is 2. The molecule has 0 aliphatic heterocycles. The predicted molar refractivity (Wildman–Crippen MR) is 118 cm³/mol. The summed E-state index contributed by atoms with van der Waals surface area (Å²) in [4.78, 5) is 20.0. The first-order valence-corrected chi connectivity index (χ1v) is 10.2. The third kappa shape index (κ3) is 5.25. The van der Waals surface area contributed by atoms with Gasteiger partial charge in [-0.05, 0) is 55.5 Å². The van der Waals surface area contributed by atoms with Crippen LogP contribution in [0.3, 0.4) is 0 Å². The number of carbonyl (C=O) groups excluding carboxylic acids is 1. The minimum Gasteiger partial charge on any atom is -0.490 e. The Morgan fingerprint density at radius 2 is 1.82 bits per heavy atom. The van der Waals surface area contributed by atoms with Gasteiger partial charge in [-0.1, -0.05) is 18.2 Å². The first-order chi connectivity index (χ1) is 15.8. The Morgan fingerprint density at radius 1 is 1.00 bits per heavy atom.